The maximum atomic E-state index is 4.91. The molecular weight excluding hydrogens is 254 g/mol. The van der Waals surface area contributed by atoms with Crippen molar-refractivity contribution in [1.82, 2.24) is 4.98 Å². The fourth-order valence-electron chi connectivity index (χ4n) is 2.81. The normalized spacial score (nSPS) is 11.0. The van der Waals surface area contributed by atoms with Gasteiger partial charge in [-0.1, -0.05) is 59.3 Å². The van der Waals surface area contributed by atoms with Gasteiger partial charge in [-0.25, -0.2) is 0 Å². The molecule has 0 atom stereocenters. The maximum Gasteiger partial charge on any atom is 0.0409 e. The molecule has 1 aromatic rings. The quantitative estimate of drug-likeness (QED) is 0.413. The van der Waals surface area contributed by atoms with Crippen LogP contribution >= 0.6 is 0 Å². The van der Waals surface area contributed by atoms with Crippen molar-refractivity contribution in [3.05, 3.63) is 29.1 Å². The van der Waals surface area contributed by atoms with Crippen molar-refractivity contribution >= 4 is 0 Å². The van der Waals surface area contributed by atoms with Crippen molar-refractivity contribution in [3.63, 3.8) is 0 Å². The van der Waals surface area contributed by atoms with E-state index in [1.807, 2.05) is 0 Å². The molecule has 0 aromatic carbocycles. The third-order valence-electron chi connectivity index (χ3n) is 4.13. The summed E-state index contributed by atoms with van der Waals surface area (Å²) in [4.78, 5) is 4.91. The van der Waals surface area contributed by atoms with E-state index < -0.39 is 0 Å². The van der Waals surface area contributed by atoms with Crippen molar-refractivity contribution in [3.8, 4) is 0 Å². The molecule has 0 aliphatic rings. The molecule has 0 fully saturated rings. The van der Waals surface area contributed by atoms with Gasteiger partial charge in [0.05, 0.1) is 0 Å². The number of hydrogen-bond donors (Lipinski definition) is 0. The van der Waals surface area contributed by atoms with E-state index in [0.29, 0.717) is 0 Å². The minimum atomic E-state index is 1.16. The Labute approximate surface area is 132 Å². The molecule has 0 saturated heterocycles. The molecule has 0 radical (unpaired) electrons. The minimum absolute atomic E-state index is 1.16. The summed E-state index contributed by atoms with van der Waals surface area (Å²) in [5.74, 6) is 0. The highest BCUT2D eigenvalue weighted by atomic mass is 14.7. The van der Waals surface area contributed by atoms with E-state index in [-0.39, 0.29) is 0 Å². The van der Waals surface area contributed by atoms with Gasteiger partial charge in [-0.3, -0.25) is 4.98 Å². The first-order chi connectivity index (χ1) is 10.3. The van der Waals surface area contributed by atoms with Gasteiger partial charge < -0.3 is 0 Å². The summed E-state index contributed by atoms with van der Waals surface area (Å²) >= 11 is 0. The molecule has 1 heteroatoms. The first-order valence-electron chi connectivity index (χ1n) is 9.28. The summed E-state index contributed by atoms with van der Waals surface area (Å²) in [6.45, 7) is 6.81. The molecule has 0 amide bonds. The third-order valence-corrected chi connectivity index (χ3v) is 4.13. The molecule has 120 valence electrons. The summed E-state index contributed by atoms with van der Waals surface area (Å²) in [5, 5.41) is 0. The standard InChI is InChI=1S/C20H35N/c1-4-7-10-13-18-16-19(14-11-8-5-2)21-20(17-18)15-12-9-6-3/h16-17H,4-15H2,1-3H3. The summed E-state index contributed by atoms with van der Waals surface area (Å²) < 4.78 is 0. The number of hydrogen-bond acceptors (Lipinski definition) is 1. The smallest absolute Gasteiger partial charge is 0.0409 e. The van der Waals surface area contributed by atoms with E-state index in [4.69, 9.17) is 4.98 Å². The Morgan fingerprint density at radius 3 is 1.48 bits per heavy atom. The van der Waals surface area contributed by atoms with E-state index in [2.05, 4.69) is 32.9 Å². The number of pyridine rings is 1. The van der Waals surface area contributed by atoms with Gasteiger partial charge in [-0.2, -0.15) is 0 Å². The van der Waals surface area contributed by atoms with Crippen LogP contribution in [0.2, 0.25) is 0 Å². The molecule has 0 saturated carbocycles. The summed E-state index contributed by atoms with van der Waals surface area (Å²) in [6, 6.07) is 4.74. The van der Waals surface area contributed by atoms with Gasteiger partial charge in [0.1, 0.15) is 0 Å². The Bertz CT molecular complexity index is 301. The van der Waals surface area contributed by atoms with Gasteiger partial charge in [0.15, 0.2) is 0 Å². The van der Waals surface area contributed by atoms with Crippen molar-refractivity contribution in [2.75, 3.05) is 0 Å². The number of aromatic nitrogens is 1. The fraction of sp³-hybridized carbons (Fsp3) is 0.750. The summed E-state index contributed by atoms with van der Waals surface area (Å²) in [6.07, 6.45) is 15.3. The first-order valence-corrected chi connectivity index (χ1v) is 9.28. The van der Waals surface area contributed by atoms with Crippen LogP contribution in [0.25, 0.3) is 0 Å². The molecule has 0 aliphatic heterocycles. The maximum absolute atomic E-state index is 4.91. The van der Waals surface area contributed by atoms with Gasteiger partial charge in [-0.05, 0) is 56.2 Å². The Morgan fingerprint density at radius 1 is 0.619 bits per heavy atom. The van der Waals surface area contributed by atoms with Crippen molar-refractivity contribution in [2.24, 2.45) is 0 Å². The highest BCUT2D eigenvalue weighted by Crippen LogP contribution is 2.15. The van der Waals surface area contributed by atoms with Crippen molar-refractivity contribution in [1.29, 1.82) is 0 Å². The third kappa shape index (κ3) is 8.24. The lowest BCUT2D eigenvalue weighted by Crippen LogP contribution is -2.00. The Kier molecular flexibility index (Phi) is 10.2. The van der Waals surface area contributed by atoms with Crippen molar-refractivity contribution in [2.45, 2.75) is 97.8 Å². The second-order valence-electron chi connectivity index (χ2n) is 6.33. The zero-order valence-electron chi connectivity index (χ0n) is 14.6. The average molecular weight is 290 g/mol. The highest BCUT2D eigenvalue weighted by molar-refractivity contribution is 5.22. The van der Waals surface area contributed by atoms with Gasteiger partial charge >= 0.3 is 0 Å². The van der Waals surface area contributed by atoms with Crippen LogP contribution in [0.4, 0.5) is 0 Å². The molecule has 0 bridgehead atoms. The van der Waals surface area contributed by atoms with Gasteiger partial charge in [0, 0.05) is 11.4 Å². The molecule has 0 aliphatic carbocycles. The predicted molar refractivity (Wildman–Crippen MR) is 93.9 cm³/mol. The van der Waals surface area contributed by atoms with E-state index in [9.17, 15) is 0 Å². The number of nitrogens with zero attached hydrogens (tertiary/aromatic N) is 1. The highest BCUT2D eigenvalue weighted by Gasteiger charge is 2.04. The van der Waals surface area contributed by atoms with Crippen LogP contribution in [-0.4, -0.2) is 4.98 Å². The molecule has 1 aromatic heterocycles. The van der Waals surface area contributed by atoms with Gasteiger partial charge in [0.2, 0.25) is 0 Å². The largest absolute Gasteiger partial charge is 0.258 e. The van der Waals surface area contributed by atoms with E-state index in [1.165, 1.54) is 81.2 Å². The van der Waals surface area contributed by atoms with Crippen LogP contribution in [0, 0.1) is 0 Å². The first kappa shape index (κ1) is 18.2. The molecule has 0 spiro atoms. The zero-order valence-corrected chi connectivity index (χ0v) is 14.6. The Hall–Kier alpha value is -0.850. The molecular formula is C20H35N. The van der Waals surface area contributed by atoms with E-state index in [1.54, 1.807) is 0 Å². The summed E-state index contributed by atoms with van der Waals surface area (Å²) in [7, 11) is 0. The molecule has 21 heavy (non-hydrogen) atoms. The molecule has 0 unspecified atom stereocenters. The SMILES string of the molecule is CCCCCc1cc(CCCCC)nc(CCCCC)c1. The molecule has 1 nitrogen and oxygen atoms in total. The van der Waals surface area contributed by atoms with Crippen LogP contribution in [0.3, 0.4) is 0 Å². The Balaban J connectivity index is 2.65. The lowest BCUT2D eigenvalue weighted by atomic mass is 10.0. The molecule has 0 N–H and O–H groups in total. The second kappa shape index (κ2) is 11.8. The molecule has 1 rings (SSSR count). The molecule has 1 heterocycles. The fourth-order valence-corrected chi connectivity index (χ4v) is 2.81. The Morgan fingerprint density at radius 2 is 1.05 bits per heavy atom. The minimum Gasteiger partial charge on any atom is -0.258 e. The monoisotopic (exact) mass is 289 g/mol. The van der Waals surface area contributed by atoms with Crippen LogP contribution < -0.4 is 0 Å². The van der Waals surface area contributed by atoms with Crippen LogP contribution in [0.15, 0.2) is 12.1 Å². The number of rotatable bonds is 12. The topological polar surface area (TPSA) is 12.9 Å². The van der Waals surface area contributed by atoms with Gasteiger partial charge in [-0.15, -0.1) is 0 Å². The van der Waals surface area contributed by atoms with Gasteiger partial charge in [0.25, 0.3) is 0 Å². The predicted octanol–water partition coefficient (Wildman–Crippen LogP) is 6.28. The van der Waals surface area contributed by atoms with Crippen molar-refractivity contribution < 1.29 is 0 Å². The average Bonchev–Trinajstić information content (AvgIpc) is 2.48. The van der Waals surface area contributed by atoms with E-state index in [0.717, 1.165) is 12.8 Å². The number of aryl methyl sites for hydroxylation is 3. The van der Waals surface area contributed by atoms with Crippen LogP contribution in [-0.2, 0) is 19.3 Å². The zero-order chi connectivity index (χ0) is 15.3. The van der Waals surface area contributed by atoms with Crippen LogP contribution in [0.5, 0.6) is 0 Å². The summed E-state index contributed by atoms with van der Waals surface area (Å²) in [5.41, 5.74) is 4.20. The van der Waals surface area contributed by atoms with Crippen LogP contribution in [0.1, 0.15) is 95.5 Å². The second-order valence-corrected chi connectivity index (χ2v) is 6.33. The van der Waals surface area contributed by atoms with E-state index >= 15 is 0 Å². The lowest BCUT2D eigenvalue weighted by Gasteiger charge is -2.09. The lowest BCUT2D eigenvalue weighted by molar-refractivity contribution is 0.681. The number of unbranched alkanes of at least 4 members (excludes halogenated alkanes) is 6.